The number of halogens is 3. The normalized spacial score (nSPS) is 15.0. The zero-order chi connectivity index (χ0) is 17.0. The Kier molecular flexibility index (Phi) is 9.35. The van der Waals surface area contributed by atoms with Crippen LogP contribution in [0.5, 0.6) is 0 Å². The van der Waals surface area contributed by atoms with Gasteiger partial charge in [0.2, 0.25) is 11.8 Å². The summed E-state index contributed by atoms with van der Waals surface area (Å²) in [6.07, 6.45) is 0. The third-order valence-corrected chi connectivity index (χ3v) is 3.71. The Balaban J connectivity index is 0.00000288. The molecule has 2 amide bonds. The van der Waals surface area contributed by atoms with Crippen molar-refractivity contribution in [2.24, 2.45) is 5.73 Å². The molecule has 142 valence electrons. The van der Waals surface area contributed by atoms with E-state index in [1.807, 2.05) is 4.90 Å². The van der Waals surface area contributed by atoms with E-state index in [0.29, 0.717) is 31.9 Å². The molecule has 1 aliphatic heterocycles. The lowest BCUT2D eigenvalue weighted by Crippen LogP contribution is -2.57. The first-order chi connectivity index (χ1) is 10.8. The number of benzene rings is 1. The minimum Gasteiger partial charge on any atom is -0.339 e. The summed E-state index contributed by atoms with van der Waals surface area (Å²) in [6, 6.07) is 5.64. The number of anilines is 1. The highest BCUT2D eigenvalue weighted by molar-refractivity contribution is 5.92. The summed E-state index contributed by atoms with van der Waals surface area (Å²) in [6.45, 7) is 5.99. The average Bonchev–Trinajstić information content (AvgIpc) is 2.49. The lowest BCUT2D eigenvalue weighted by atomic mass is 10.0. The Hall–Kier alpha value is -1.41. The maximum atomic E-state index is 12.8. The number of amides is 2. The second kappa shape index (κ2) is 9.91. The van der Waals surface area contributed by atoms with Crippen molar-refractivity contribution in [1.82, 2.24) is 9.80 Å². The first kappa shape index (κ1) is 23.6. The molecule has 6 nitrogen and oxygen atoms in total. The first-order valence-corrected chi connectivity index (χ1v) is 7.62. The quantitative estimate of drug-likeness (QED) is 0.810. The van der Waals surface area contributed by atoms with Crippen LogP contribution in [0, 0.1) is 5.82 Å². The summed E-state index contributed by atoms with van der Waals surface area (Å²) >= 11 is 0. The van der Waals surface area contributed by atoms with Crippen LogP contribution in [0.25, 0.3) is 0 Å². The van der Waals surface area contributed by atoms with Gasteiger partial charge < -0.3 is 16.0 Å². The van der Waals surface area contributed by atoms with Crippen molar-refractivity contribution in [3.63, 3.8) is 0 Å². The van der Waals surface area contributed by atoms with Crippen LogP contribution >= 0.6 is 24.8 Å². The van der Waals surface area contributed by atoms with E-state index in [2.05, 4.69) is 5.32 Å². The van der Waals surface area contributed by atoms with Gasteiger partial charge in [-0.15, -0.1) is 24.8 Å². The SMILES string of the molecule is CC(C)(N)C(=O)N1CCN(CC(=O)Nc2ccc(F)cc2)CC1.Cl.Cl. The average molecular weight is 395 g/mol. The molecule has 0 unspecified atom stereocenters. The molecule has 0 atom stereocenters. The molecular weight excluding hydrogens is 370 g/mol. The Morgan fingerprint density at radius 1 is 1.12 bits per heavy atom. The fourth-order valence-corrected chi connectivity index (χ4v) is 2.45. The predicted molar refractivity (Wildman–Crippen MR) is 101 cm³/mol. The number of nitrogens with zero attached hydrogens (tertiary/aromatic N) is 2. The van der Waals surface area contributed by atoms with Crippen molar-refractivity contribution in [3.8, 4) is 0 Å². The first-order valence-electron chi connectivity index (χ1n) is 7.62. The van der Waals surface area contributed by atoms with Crippen LogP contribution in [0.3, 0.4) is 0 Å². The van der Waals surface area contributed by atoms with Crippen LogP contribution in [0.1, 0.15) is 13.8 Å². The van der Waals surface area contributed by atoms with E-state index >= 15 is 0 Å². The molecule has 0 aliphatic carbocycles. The van der Waals surface area contributed by atoms with Gasteiger partial charge in [-0.1, -0.05) is 0 Å². The van der Waals surface area contributed by atoms with Crippen LogP contribution in [0.2, 0.25) is 0 Å². The van der Waals surface area contributed by atoms with E-state index in [1.54, 1.807) is 18.7 Å². The predicted octanol–water partition coefficient (Wildman–Crippen LogP) is 1.49. The zero-order valence-electron chi connectivity index (χ0n) is 14.3. The van der Waals surface area contributed by atoms with Crippen LogP contribution in [0.4, 0.5) is 10.1 Å². The number of piperazine rings is 1. The van der Waals surface area contributed by atoms with Gasteiger partial charge in [0.1, 0.15) is 5.82 Å². The largest absolute Gasteiger partial charge is 0.339 e. The Morgan fingerprint density at radius 2 is 1.64 bits per heavy atom. The van der Waals surface area contributed by atoms with Crippen molar-refractivity contribution in [3.05, 3.63) is 30.1 Å². The van der Waals surface area contributed by atoms with Crippen LogP contribution in [0.15, 0.2) is 24.3 Å². The molecular formula is C16H25Cl2FN4O2. The smallest absolute Gasteiger partial charge is 0.242 e. The number of carbonyl (C=O) groups excluding carboxylic acids is 2. The van der Waals surface area contributed by atoms with Crippen molar-refractivity contribution in [1.29, 1.82) is 0 Å². The zero-order valence-corrected chi connectivity index (χ0v) is 16.0. The number of carbonyl (C=O) groups is 2. The monoisotopic (exact) mass is 394 g/mol. The third kappa shape index (κ3) is 7.15. The van der Waals surface area contributed by atoms with Gasteiger partial charge in [0.05, 0.1) is 12.1 Å². The lowest BCUT2D eigenvalue weighted by molar-refractivity contribution is -0.137. The summed E-state index contributed by atoms with van der Waals surface area (Å²) in [4.78, 5) is 27.8. The molecule has 3 N–H and O–H groups in total. The van der Waals surface area contributed by atoms with Gasteiger partial charge in [-0.05, 0) is 38.1 Å². The standard InChI is InChI=1S/C16H23FN4O2.2ClH/c1-16(2,18)15(23)21-9-7-20(8-10-21)11-14(22)19-13-5-3-12(17)4-6-13;;/h3-6H,7-11,18H2,1-2H3,(H,19,22);2*1H. The van der Waals surface area contributed by atoms with Crippen LogP contribution < -0.4 is 11.1 Å². The highest BCUT2D eigenvalue weighted by Gasteiger charge is 2.30. The minimum atomic E-state index is -0.873. The van der Waals surface area contributed by atoms with Gasteiger partial charge in [0, 0.05) is 31.9 Å². The van der Waals surface area contributed by atoms with Gasteiger partial charge >= 0.3 is 0 Å². The number of rotatable bonds is 4. The van der Waals surface area contributed by atoms with E-state index < -0.39 is 5.54 Å². The summed E-state index contributed by atoms with van der Waals surface area (Å²) < 4.78 is 12.8. The van der Waals surface area contributed by atoms with E-state index in [1.165, 1.54) is 24.3 Å². The van der Waals surface area contributed by atoms with Gasteiger partial charge in [0.25, 0.3) is 0 Å². The highest BCUT2D eigenvalue weighted by Crippen LogP contribution is 2.10. The summed E-state index contributed by atoms with van der Waals surface area (Å²) in [5.41, 5.74) is 5.52. The Bertz CT molecular complexity index is 570. The molecule has 1 heterocycles. The Labute approximate surface area is 159 Å². The summed E-state index contributed by atoms with van der Waals surface area (Å²) in [5, 5.41) is 2.73. The molecule has 1 aromatic rings. The topological polar surface area (TPSA) is 78.7 Å². The van der Waals surface area contributed by atoms with Gasteiger partial charge in [-0.3, -0.25) is 14.5 Å². The molecule has 0 radical (unpaired) electrons. The molecule has 1 aromatic carbocycles. The molecule has 0 bridgehead atoms. The van der Waals surface area contributed by atoms with Crippen molar-refractivity contribution in [2.75, 3.05) is 38.0 Å². The molecule has 1 saturated heterocycles. The minimum absolute atomic E-state index is 0. The highest BCUT2D eigenvalue weighted by atomic mass is 35.5. The lowest BCUT2D eigenvalue weighted by Gasteiger charge is -2.37. The van der Waals surface area contributed by atoms with Gasteiger partial charge in [-0.25, -0.2) is 4.39 Å². The van der Waals surface area contributed by atoms with Crippen molar-refractivity contribution < 1.29 is 14.0 Å². The number of hydrogen-bond acceptors (Lipinski definition) is 4. The van der Waals surface area contributed by atoms with E-state index in [9.17, 15) is 14.0 Å². The van der Waals surface area contributed by atoms with Gasteiger partial charge in [-0.2, -0.15) is 0 Å². The van der Waals surface area contributed by atoms with Crippen LogP contribution in [-0.2, 0) is 9.59 Å². The third-order valence-electron chi connectivity index (χ3n) is 3.71. The molecule has 0 spiro atoms. The maximum Gasteiger partial charge on any atom is 0.242 e. The number of hydrogen-bond donors (Lipinski definition) is 2. The molecule has 2 rings (SSSR count). The second-order valence-electron chi connectivity index (χ2n) is 6.35. The number of nitrogens with two attached hydrogens (primary N) is 1. The molecule has 0 aromatic heterocycles. The Morgan fingerprint density at radius 3 is 2.12 bits per heavy atom. The van der Waals surface area contributed by atoms with Gasteiger partial charge in [0.15, 0.2) is 0 Å². The fraction of sp³-hybridized carbons (Fsp3) is 0.500. The van der Waals surface area contributed by atoms with E-state index in [4.69, 9.17) is 5.73 Å². The van der Waals surface area contributed by atoms with Crippen molar-refractivity contribution in [2.45, 2.75) is 19.4 Å². The number of nitrogens with one attached hydrogen (secondary N) is 1. The molecule has 0 saturated carbocycles. The second-order valence-corrected chi connectivity index (χ2v) is 6.35. The molecule has 1 aliphatic rings. The molecule has 9 heteroatoms. The van der Waals surface area contributed by atoms with E-state index in [0.717, 1.165) is 0 Å². The molecule has 25 heavy (non-hydrogen) atoms. The van der Waals surface area contributed by atoms with E-state index in [-0.39, 0.29) is 49.0 Å². The fourth-order valence-electron chi connectivity index (χ4n) is 2.45. The summed E-state index contributed by atoms with van der Waals surface area (Å²) in [5.74, 6) is -0.574. The summed E-state index contributed by atoms with van der Waals surface area (Å²) in [7, 11) is 0. The molecule has 1 fully saturated rings. The van der Waals surface area contributed by atoms with Crippen molar-refractivity contribution >= 4 is 42.3 Å². The maximum absolute atomic E-state index is 12.8. The van der Waals surface area contributed by atoms with Crippen LogP contribution in [-0.4, -0.2) is 59.9 Å².